The van der Waals surface area contributed by atoms with Crippen LogP contribution < -0.4 is 0 Å². The van der Waals surface area contributed by atoms with Gasteiger partial charge < -0.3 is 15.1 Å². The molecule has 1 amide bonds. The quantitative estimate of drug-likeness (QED) is 0.793. The van der Waals surface area contributed by atoms with Crippen LogP contribution in [0, 0.1) is 3.57 Å². The number of hydrogen-bond acceptors (Lipinski definition) is 3. The Labute approximate surface area is 125 Å². The summed E-state index contributed by atoms with van der Waals surface area (Å²) in [6.07, 6.45) is 0. The molecule has 0 heterocycles. The van der Waals surface area contributed by atoms with Crippen molar-refractivity contribution in [1.82, 2.24) is 4.90 Å². The summed E-state index contributed by atoms with van der Waals surface area (Å²) in [6.45, 7) is 4.84. The Bertz CT molecular complexity index is 508. The predicted octanol–water partition coefficient (Wildman–Crippen LogP) is 2.32. The van der Waals surface area contributed by atoms with Gasteiger partial charge >= 0.3 is 5.97 Å². The minimum Gasteiger partial charge on any atom is -0.507 e. The molecule has 0 aromatic heterocycles. The Morgan fingerprint density at radius 2 is 1.89 bits per heavy atom. The van der Waals surface area contributed by atoms with E-state index in [4.69, 9.17) is 5.11 Å². The normalized spacial score (nSPS) is 11.2. The van der Waals surface area contributed by atoms with Gasteiger partial charge in [0, 0.05) is 9.11 Å². The lowest BCUT2D eigenvalue weighted by atomic mass is 10.0. The third-order valence-electron chi connectivity index (χ3n) is 2.54. The molecule has 6 heteroatoms. The summed E-state index contributed by atoms with van der Waals surface area (Å²) in [5.41, 5.74) is -0.536. The van der Waals surface area contributed by atoms with E-state index >= 15 is 0 Å². The fourth-order valence-corrected chi connectivity index (χ4v) is 2.07. The molecule has 0 spiro atoms. The zero-order valence-corrected chi connectivity index (χ0v) is 13.1. The molecule has 104 valence electrons. The highest BCUT2D eigenvalue weighted by molar-refractivity contribution is 14.1. The summed E-state index contributed by atoms with van der Waals surface area (Å²) >= 11 is 2.03. The van der Waals surface area contributed by atoms with Gasteiger partial charge in [0.15, 0.2) is 0 Å². The molecule has 0 aliphatic carbocycles. The van der Waals surface area contributed by atoms with E-state index in [1.54, 1.807) is 32.9 Å². The molecule has 5 nitrogen and oxygen atoms in total. The number of aromatic hydroxyl groups is 1. The summed E-state index contributed by atoms with van der Waals surface area (Å²) in [4.78, 5) is 24.5. The second-order valence-electron chi connectivity index (χ2n) is 5.12. The van der Waals surface area contributed by atoms with Gasteiger partial charge in [-0.1, -0.05) is 0 Å². The highest BCUT2D eigenvalue weighted by atomic mass is 127. The first-order chi connectivity index (χ1) is 8.62. The van der Waals surface area contributed by atoms with Crippen LogP contribution in [0.5, 0.6) is 5.75 Å². The number of amides is 1. The number of carboxylic acids is 1. The number of phenols is 1. The molecule has 0 unspecified atom stereocenters. The lowest BCUT2D eigenvalue weighted by Gasteiger charge is -2.34. The highest BCUT2D eigenvalue weighted by Crippen LogP contribution is 2.24. The topological polar surface area (TPSA) is 77.8 Å². The van der Waals surface area contributed by atoms with E-state index in [9.17, 15) is 14.7 Å². The number of benzene rings is 1. The zero-order chi connectivity index (χ0) is 14.8. The molecule has 0 saturated carbocycles. The Balaban J connectivity index is 3.19. The van der Waals surface area contributed by atoms with Gasteiger partial charge in [0.1, 0.15) is 12.3 Å². The fourth-order valence-electron chi connectivity index (χ4n) is 1.57. The van der Waals surface area contributed by atoms with Gasteiger partial charge in [-0.05, 0) is 61.6 Å². The maximum atomic E-state index is 12.4. The highest BCUT2D eigenvalue weighted by Gasteiger charge is 2.30. The first-order valence-corrected chi connectivity index (χ1v) is 6.73. The average Bonchev–Trinajstić information content (AvgIpc) is 2.26. The molecule has 0 aliphatic heterocycles. The van der Waals surface area contributed by atoms with Gasteiger partial charge in [-0.25, -0.2) is 0 Å². The van der Waals surface area contributed by atoms with Gasteiger partial charge in [0.2, 0.25) is 0 Å². The van der Waals surface area contributed by atoms with E-state index in [0.29, 0.717) is 0 Å². The molecule has 19 heavy (non-hydrogen) atoms. The average molecular weight is 377 g/mol. The van der Waals surface area contributed by atoms with Crippen molar-refractivity contribution in [1.29, 1.82) is 0 Å². The molecule has 0 radical (unpaired) electrons. The van der Waals surface area contributed by atoms with E-state index in [0.717, 1.165) is 3.57 Å². The second-order valence-corrected chi connectivity index (χ2v) is 6.36. The van der Waals surface area contributed by atoms with E-state index < -0.39 is 24.0 Å². The van der Waals surface area contributed by atoms with Crippen LogP contribution in [0.1, 0.15) is 31.1 Å². The summed E-state index contributed by atoms with van der Waals surface area (Å²) in [6, 6.07) is 4.64. The number of hydrogen-bond donors (Lipinski definition) is 2. The van der Waals surface area contributed by atoms with E-state index in [1.165, 1.54) is 11.0 Å². The molecule has 1 aromatic carbocycles. The molecule has 1 rings (SSSR count). The molecule has 0 saturated heterocycles. The van der Waals surface area contributed by atoms with Crippen LogP contribution in [-0.2, 0) is 4.79 Å². The molecule has 2 N–H and O–H groups in total. The number of carbonyl (C=O) groups is 2. The minimum absolute atomic E-state index is 0.114. The lowest BCUT2D eigenvalue weighted by molar-refractivity contribution is -0.138. The Hall–Kier alpha value is -1.31. The van der Waals surface area contributed by atoms with Crippen LogP contribution in [0.15, 0.2) is 18.2 Å². The number of carbonyl (C=O) groups excluding carboxylic acids is 1. The number of carboxylic acid groups (broad SMARTS) is 1. The predicted molar refractivity (Wildman–Crippen MR) is 79.2 cm³/mol. The SMILES string of the molecule is CC(C)(C)N(CC(=O)O)C(=O)c1cc(I)ccc1O. The van der Waals surface area contributed by atoms with Crippen molar-refractivity contribution < 1.29 is 19.8 Å². The van der Waals surface area contributed by atoms with Crippen molar-refractivity contribution in [2.75, 3.05) is 6.54 Å². The molecule has 0 bridgehead atoms. The van der Waals surface area contributed by atoms with Gasteiger partial charge in [0.05, 0.1) is 5.56 Å². The largest absolute Gasteiger partial charge is 0.507 e. The Kier molecular flexibility index (Phi) is 4.78. The summed E-state index contributed by atoms with van der Waals surface area (Å²) in [7, 11) is 0. The smallest absolute Gasteiger partial charge is 0.323 e. The number of halogens is 1. The van der Waals surface area contributed by atoms with E-state index in [1.807, 2.05) is 22.6 Å². The van der Waals surface area contributed by atoms with Crippen LogP contribution in [0.4, 0.5) is 0 Å². The van der Waals surface area contributed by atoms with Crippen LogP contribution in [0.2, 0.25) is 0 Å². The maximum Gasteiger partial charge on any atom is 0.323 e. The first kappa shape index (κ1) is 15.7. The molecular weight excluding hydrogens is 361 g/mol. The summed E-state index contributed by atoms with van der Waals surface area (Å²) in [5.74, 6) is -1.73. The lowest BCUT2D eigenvalue weighted by Crippen LogP contribution is -2.48. The number of rotatable bonds is 3. The standard InChI is InChI=1S/C13H16INO4/c1-13(2,3)15(7-11(17)18)12(19)9-6-8(14)4-5-10(9)16/h4-6,16H,7H2,1-3H3,(H,17,18). The maximum absolute atomic E-state index is 12.4. The van der Waals surface area contributed by atoms with Crippen molar-refractivity contribution in [2.24, 2.45) is 0 Å². The summed E-state index contributed by atoms with van der Waals surface area (Å²) in [5, 5.41) is 18.7. The van der Waals surface area contributed by atoms with Crippen LogP contribution in [0.3, 0.4) is 0 Å². The second kappa shape index (κ2) is 5.77. The minimum atomic E-state index is -1.09. The third-order valence-corrected chi connectivity index (χ3v) is 3.21. The van der Waals surface area contributed by atoms with Crippen molar-refractivity contribution in [3.63, 3.8) is 0 Å². The van der Waals surface area contributed by atoms with Crippen LogP contribution in [0.25, 0.3) is 0 Å². The van der Waals surface area contributed by atoms with Crippen molar-refractivity contribution in [3.8, 4) is 5.75 Å². The third kappa shape index (κ3) is 4.09. The molecule has 0 fully saturated rings. The number of nitrogens with zero attached hydrogens (tertiary/aromatic N) is 1. The van der Waals surface area contributed by atoms with E-state index in [-0.39, 0.29) is 11.3 Å². The zero-order valence-electron chi connectivity index (χ0n) is 11.0. The Morgan fingerprint density at radius 1 is 1.32 bits per heavy atom. The van der Waals surface area contributed by atoms with Gasteiger partial charge in [-0.15, -0.1) is 0 Å². The van der Waals surface area contributed by atoms with Crippen molar-refractivity contribution in [3.05, 3.63) is 27.3 Å². The number of phenolic OH excluding ortho intramolecular Hbond substituents is 1. The summed E-state index contributed by atoms with van der Waals surface area (Å²) < 4.78 is 0.794. The van der Waals surface area contributed by atoms with Gasteiger partial charge in [-0.2, -0.15) is 0 Å². The fraction of sp³-hybridized carbons (Fsp3) is 0.385. The molecule has 0 aliphatic rings. The molecule has 1 aromatic rings. The molecular formula is C13H16INO4. The monoisotopic (exact) mass is 377 g/mol. The van der Waals surface area contributed by atoms with Gasteiger partial charge in [0.25, 0.3) is 5.91 Å². The molecule has 0 atom stereocenters. The van der Waals surface area contributed by atoms with Crippen molar-refractivity contribution in [2.45, 2.75) is 26.3 Å². The van der Waals surface area contributed by atoms with Gasteiger partial charge in [-0.3, -0.25) is 9.59 Å². The van der Waals surface area contributed by atoms with Crippen LogP contribution >= 0.6 is 22.6 Å². The van der Waals surface area contributed by atoms with Crippen molar-refractivity contribution >= 4 is 34.5 Å². The van der Waals surface area contributed by atoms with Crippen LogP contribution in [-0.4, -0.2) is 39.1 Å². The number of aliphatic carboxylic acids is 1. The van der Waals surface area contributed by atoms with E-state index in [2.05, 4.69) is 0 Å². The first-order valence-electron chi connectivity index (χ1n) is 5.65. The Morgan fingerprint density at radius 3 is 2.37 bits per heavy atom.